The summed E-state index contributed by atoms with van der Waals surface area (Å²) in [6, 6.07) is 0. The zero-order valence-corrected chi connectivity index (χ0v) is 10.2. The summed E-state index contributed by atoms with van der Waals surface area (Å²) in [7, 11) is 0. The molecule has 2 fully saturated rings. The summed E-state index contributed by atoms with van der Waals surface area (Å²) < 4.78 is -0.294. The van der Waals surface area contributed by atoms with E-state index < -0.39 is 0 Å². The standard InChI is InChI=1S/C12H22N2O2/c1-12(14(16)9-4-5-10-14)6-11-13(15)7-2-3-8-13/h6H,2-5,7-11H2,1H3. The summed E-state index contributed by atoms with van der Waals surface area (Å²) in [6.45, 7) is 5.22. The molecule has 2 aliphatic heterocycles. The van der Waals surface area contributed by atoms with Gasteiger partial charge in [-0.2, -0.15) is 0 Å². The molecule has 0 saturated carbocycles. The van der Waals surface area contributed by atoms with Gasteiger partial charge in [-0.1, -0.05) is 0 Å². The minimum atomic E-state index is -0.181. The Labute approximate surface area is 97.5 Å². The van der Waals surface area contributed by atoms with E-state index >= 15 is 0 Å². The lowest BCUT2D eigenvalue weighted by molar-refractivity contribution is -0.864. The van der Waals surface area contributed by atoms with Gasteiger partial charge >= 0.3 is 0 Å². The van der Waals surface area contributed by atoms with Crippen molar-refractivity contribution in [1.29, 1.82) is 0 Å². The first-order valence-corrected chi connectivity index (χ1v) is 6.37. The largest absolute Gasteiger partial charge is 0.633 e. The second-order valence-corrected chi connectivity index (χ2v) is 5.28. The van der Waals surface area contributed by atoms with Crippen molar-refractivity contribution >= 4 is 0 Å². The number of hydroxylamine groups is 6. The molecule has 0 aromatic carbocycles. The highest BCUT2D eigenvalue weighted by Crippen LogP contribution is 2.25. The number of likely N-dealkylation sites (tertiary alicyclic amines) is 2. The van der Waals surface area contributed by atoms with Gasteiger partial charge in [0, 0.05) is 38.7 Å². The summed E-state index contributed by atoms with van der Waals surface area (Å²) in [5, 5.41) is 24.4. The second kappa shape index (κ2) is 4.45. The molecule has 0 radical (unpaired) electrons. The maximum Gasteiger partial charge on any atom is 0.107 e. The number of hydrogen-bond donors (Lipinski definition) is 0. The molecule has 0 unspecified atom stereocenters. The van der Waals surface area contributed by atoms with Crippen molar-refractivity contribution in [3.05, 3.63) is 22.2 Å². The molecule has 0 spiro atoms. The molecule has 4 heteroatoms. The van der Waals surface area contributed by atoms with Gasteiger partial charge in [-0.3, -0.25) is 0 Å². The molecule has 2 aliphatic rings. The van der Waals surface area contributed by atoms with Crippen molar-refractivity contribution in [3.63, 3.8) is 0 Å². The molecule has 92 valence electrons. The van der Waals surface area contributed by atoms with E-state index in [4.69, 9.17) is 0 Å². The minimum Gasteiger partial charge on any atom is -0.633 e. The van der Waals surface area contributed by atoms with Gasteiger partial charge in [0.2, 0.25) is 0 Å². The van der Waals surface area contributed by atoms with Crippen LogP contribution in [0.15, 0.2) is 11.8 Å². The zero-order valence-electron chi connectivity index (χ0n) is 10.2. The molecular weight excluding hydrogens is 204 g/mol. The summed E-state index contributed by atoms with van der Waals surface area (Å²) in [4.78, 5) is 0. The Balaban J connectivity index is 1.96. The Morgan fingerprint density at radius 1 is 1.00 bits per heavy atom. The van der Waals surface area contributed by atoms with E-state index in [-0.39, 0.29) is 9.29 Å². The van der Waals surface area contributed by atoms with Crippen LogP contribution in [0.1, 0.15) is 32.6 Å². The van der Waals surface area contributed by atoms with E-state index in [0.717, 1.165) is 44.5 Å². The second-order valence-electron chi connectivity index (χ2n) is 5.28. The van der Waals surface area contributed by atoms with Crippen LogP contribution in [-0.4, -0.2) is 42.0 Å². The third-order valence-corrected chi connectivity index (χ3v) is 4.03. The molecule has 0 aliphatic carbocycles. The zero-order chi connectivity index (χ0) is 11.6. The summed E-state index contributed by atoms with van der Waals surface area (Å²) in [6.07, 6.45) is 6.01. The number of quaternary nitrogens is 2. The predicted octanol–water partition coefficient (Wildman–Crippen LogP) is 2.11. The lowest BCUT2D eigenvalue weighted by Gasteiger charge is -2.41. The molecule has 2 rings (SSSR count). The van der Waals surface area contributed by atoms with E-state index in [1.807, 2.05) is 13.0 Å². The molecule has 2 saturated heterocycles. The molecule has 0 amide bonds. The van der Waals surface area contributed by atoms with E-state index in [2.05, 4.69) is 0 Å². The van der Waals surface area contributed by atoms with Gasteiger partial charge < -0.3 is 19.7 Å². The average Bonchev–Trinajstić information content (AvgIpc) is 2.86. The Morgan fingerprint density at radius 2 is 1.50 bits per heavy atom. The van der Waals surface area contributed by atoms with Gasteiger partial charge in [-0.25, -0.2) is 0 Å². The SMILES string of the molecule is CC(=CC[N+]1([O-])CCCC1)[N+]1([O-])CCCC1. The van der Waals surface area contributed by atoms with E-state index in [0.29, 0.717) is 19.6 Å². The molecule has 0 N–H and O–H groups in total. The van der Waals surface area contributed by atoms with Crippen LogP contribution in [0.2, 0.25) is 0 Å². The fourth-order valence-corrected chi connectivity index (χ4v) is 2.76. The maximum atomic E-state index is 12.3. The van der Waals surface area contributed by atoms with Crippen LogP contribution in [0.3, 0.4) is 0 Å². The molecule has 0 bridgehead atoms. The number of allylic oxidation sites excluding steroid dienone is 1. The normalized spacial score (nSPS) is 28.6. The van der Waals surface area contributed by atoms with Crippen molar-refractivity contribution in [2.24, 2.45) is 0 Å². The van der Waals surface area contributed by atoms with Crippen LogP contribution < -0.4 is 0 Å². The van der Waals surface area contributed by atoms with Crippen molar-refractivity contribution in [2.45, 2.75) is 32.6 Å². The smallest absolute Gasteiger partial charge is 0.107 e. The van der Waals surface area contributed by atoms with Crippen molar-refractivity contribution in [2.75, 3.05) is 32.7 Å². The van der Waals surface area contributed by atoms with Crippen LogP contribution in [0.5, 0.6) is 0 Å². The van der Waals surface area contributed by atoms with Crippen molar-refractivity contribution in [3.8, 4) is 0 Å². The first-order chi connectivity index (χ1) is 7.54. The quantitative estimate of drug-likeness (QED) is 0.546. The topological polar surface area (TPSA) is 46.1 Å². The van der Waals surface area contributed by atoms with Gasteiger partial charge in [0.05, 0.1) is 26.2 Å². The summed E-state index contributed by atoms with van der Waals surface area (Å²) >= 11 is 0. The van der Waals surface area contributed by atoms with Crippen LogP contribution in [0.4, 0.5) is 0 Å². The fraction of sp³-hybridized carbons (Fsp3) is 0.833. The number of hydrogen-bond acceptors (Lipinski definition) is 2. The molecule has 16 heavy (non-hydrogen) atoms. The van der Waals surface area contributed by atoms with Crippen LogP contribution >= 0.6 is 0 Å². The molecule has 4 nitrogen and oxygen atoms in total. The maximum absolute atomic E-state index is 12.3. The lowest BCUT2D eigenvalue weighted by atomic mass is 10.3. The predicted molar refractivity (Wildman–Crippen MR) is 63.8 cm³/mol. The Bertz CT molecular complexity index is 277. The average molecular weight is 226 g/mol. The van der Waals surface area contributed by atoms with E-state index in [1.54, 1.807) is 0 Å². The molecule has 0 atom stereocenters. The highest BCUT2D eigenvalue weighted by molar-refractivity contribution is 4.92. The Morgan fingerprint density at radius 3 is 2.06 bits per heavy atom. The van der Waals surface area contributed by atoms with Crippen molar-refractivity contribution < 1.29 is 9.29 Å². The van der Waals surface area contributed by atoms with Gasteiger partial charge in [0.25, 0.3) is 0 Å². The van der Waals surface area contributed by atoms with Crippen LogP contribution in [0, 0.1) is 10.4 Å². The van der Waals surface area contributed by atoms with Crippen LogP contribution in [-0.2, 0) is 0 Å². The third-order valence-electron chi connectivity index (χ3n) is 4.03. The van der Waals surface area contributed by atoms with Gasteiger partial charge in [-0.15, -0.1) is 0 Å². The first-order valence-electron chi connectivity index (χ1n) is 6.37. The van der Waals surface area contributed by atoms with Gasteiger partial charge in [-0.05, 0) is 0 Å². The first kappa shape index (κ1) is 12.0. The molecule has 0 aromatic heterocycles. The summed E-state index contributed by atoms with van der Waals surface area (Å²) in [5.41, 5.74) is 0.845. The molecular formula is C12H22N2O2. The molecule has 0 aromatic rings. The lowest BCUT2D eigenvalue weighted by Crippen LogP contribution is -2.41. The number of rotatable bonds is 3. The van der Waals surface area contributed by atoms with Gasteiger partial charge in [0.15, 0.2) is 0 Å². The monoisotopic (exact) mass is 226 g/mol. The van der Waals surface area contributed by atoms with E-state index in [9.17, 15) is 10.4 Å². The minimum absolute atomic E-state index is 0.114. The van der Waals surface area contributed by atoms with E-state index in [1.165, 1.54) is 0 Å². The highest BCUT2D eigenvalue weighted by Gasteiger charge is 2.27. The summed E-state index contributed by atoms with van der Waals surface area (Å²) in [5.74, 6) is 0. The van der Waals surface area contributed by atoms with Crippen LogP contribution in [0.25, 0.3) is 0 Å². The number of nitrogens with zero attached hydrogens (tertiary/aromatic N) is 2. The fourth-order valence-electron chi connectivity index (χ4n) is 2.76. The van der Waals surface area contributed by atoms with Crippen molar-refractivity contribution in [1.82, 2.24) is 0 Å². The Hall–Kier alpha value is -0.420. The third kappa shape index (κ3) is 2.46. The Kier molecular flexibility index (Phi) is 3.35. The molecule has 2 heterocycles. The van der Waals surface area contributed by atoms with Gasteiger partial charge in [0.1, 0.15) is 12.2 Å². The highest BCUT2D eigenvalue weighted by atomic mass is 16.6.